The van der Waals surface area contributed by atoms with Crippen LogP contribution < -0.4 is 0 Å². The number of rotatable bonds is 4. The molecule has 0 bridgehead atoms. The number of halogens is 2. The lowest BCUT2D eigenvalue weighted by Gasteiger charge is -2.16. The molecule has 0 unspecified atom stereocenters. The molecule has 0 atom stereocenters. The van der Waals surface area contributed by atoms with Crippen molar-refractivity contribution in [3.63, 3.8) is 0 Å². The van der Waals surface area contributed by atoms with Crippen LogP contribution in [0.15, 0.2) is 12.4 Å². The first-order valence-electron chi connectivity index (χ1n) is 6.08. The van der Waals surface area contributed by atoms with Gasteiger partial charge in [0.05, 0.1) is 21.3 Å². The molecule has 0 radical (unpaired) electrons. The molecule has 0 aliphatic carbocycles. The highest BCUT2D eigenvalue weighted by molar-refractivity contribution is 14.1. The molecule has 108 valence electrons. The molecule has 20 heavy (non-hydrogen) atoms. The maximum Gasteiger partial charge on any atom is 0.273 e. The van der Waals surface area contributed by atoms with Gasteiger partial charge in [0, 0.05) is 26.8 Å². The summed E-state index contributed by atoms with van der Waals surface area (Å²) in [5.41, 5.74) is 1.26. The van der Waals surface area contributed by atoms with Crippen LogP contribution in [0.25, 0.3) is 0 Å². The predicted octanol–water partition coefficient (Wildman–Crippen LogP) is 2.17. The van der Waals surface area contributed by atoms with E-state index in [0.717, 1.165) is 10.1 Å². The van der Waals surface area contributed by atoms with E-state index in [4.69, 9.17) is 11.6 Å². The van der Waals surface area contributed by atoms with Crippen molar-refractivity contribution in [2.24, 2.45) is 7.05 Å². The maximum atomic E-state index is 12.4. The Labute approximate surface area is 135 Å². The average Bonchev–Trinajstić information content (AvgIpc) is 2.92. The van der Waals surface area contributed by atoms with E-state index in [1.54, 1.807) is 40.8 Å². The molecule has 2 rings (SSSR count). The molecule has 0 saturated carbocycles. The monoisotopic (exact) mass is 407 g/mol. The molecule has 2 aromatic rings. The summed E-state index contributed by atoms with van der Waals surface area (Å²) in [6.45, 7) is 3.10. The van der Waals surface area contributed by atoms with Crippen molar-refractivity contribution < 1.29 is 4.79 Å². The molecule has 6 nitrogen and oxygen atoms in total. The molecule has 0 aliphatic rings. The highest BCUT2D eigenvalue weighted by Gasteiger charge is 2.21. The normalized spacial score (nSPS) is 10.8. The molecule has 0 saturated heterocycles. The summed E-state index contributed by atoms with van der Waals surface area (Å²) < 4.78 is 4.16. The van der Waals surface area contributed by atoms with Crippen LogP contribution in [0, 0.1) is 3.57 Å². The Balaban J connectivity index is 2.17. The zero-order valence-corrected chi connectivity index (χ0v) is 14.4. The lowest BCUT2D eigenvalue weighted by Crippen LogP contribution is -2.29. The van der Waals surface area contributed by atoms with Crippen LogP contribution >= 0.6 is 34.2 Å². The Morgan fingerprint density at radius 2 is 2.25 bits per heavy atom. The third-order valence-electron chi connectivity index (χ3n) is 2.94. The number of amides is 1. The van der Waals surface area contributed by atoms with E-state index in [2.05, 4.69) is 32.8 Å². The van der Waals surface area contributed by atoms with Crippen molar-refractivity contribution in [2.45, 2.75) is 20.0 Å². The van der Waals surface area contributed by atoms with Crippen molar-refractivity contribution in [1.29, 1.82) is 0 Å². The van der Waals surface area contributed by atoms with Crippen LogP contribution in [0.3, 0.4) is 0 Å². The zero-order chi connectivity index (χ0) is 14.9. The molecule has 0 fully saturated rings. The van der Waals surface area contributed by atoms with Crippen molar-refractivity contribution in [2.75, 3.05) is 7.05 Å². The molecule has 8 heteroatoms. The van der Waals surface area contributed by atoms with Gasteiger partial charge in [0.1, 0.15) is 11.4 Å². The first kappa shape index (κ1) is 15.3. The fraction of sp³-hybridized carbons (Fsp3) is 0.417. The van der Waals surface area contributed by atoms with Crippen molar-refractivity contribution in [3.8, 4) is 0 Å². The van der Waals surface area contributed by atoms with Gasteiger partial charge in [-0.25, -0.2) is 0 Å². The Hall–Kier alpha value is -1.09. The van der Waals surface area contributed by atoms with Gasteiger partial charge in [-0.3, -0.25) is 14.2 Å². The smallest absolute Gasteiger partial charge is 0.273 e. The number of carbonyl (C=O) groups excluding carboxylic acids is 1. The van der Waals surface area contributed by atoms with Crippen LogP contribution in [-0.2, 0) is 20.1 Å². The lowest BCUT2D eigenvalue weighted by atomic mass is 10.3. The molecule has 0 aromatic carbocycles. The standard InChI is InChI=1S/C12H15ClIN5O/c1-4-19-6-8(13)10(16-19)7-17(2)12(20)11-9(14)5-15-18(11)3/h5-6H,4,7H2,1-3H3. The van der Waals surface area contributed by atoms with E-state index in [1.807, 2.05) is 6.92 Å². The van der Waals surface area contributed by atoms with Gasteiger partial charge >= 0.3 is 0 Å². The van der Waals surface area contributed by atoms with Gasteiger partial charge in [0.25, 0.3) is 5.91 Å². The summed E-state index contributed by atoms with van der Waals surface area (Å²) in [5, 5.41) is 9.00. The fourth-order valence-electron chi connectivity index (χ4n) is 1.83. The second-order valence-electron chi connectivity index (χ2n) is 4.41. The number of aromatic nitrogens is 4. The predicted molar refractivity (Wildman–Crippen MR) is 84.6 cm³/mol. The molecule has 0 aliphatic heterocycles. The molecule has 2 heterocycles. The van der Waals surface area contributed by atoms with Gasteiger partial charge in [-0.15, -0.1) is 0 Å². The first-order valence-corrected chi connectivity index (χ1v) is 7.54. The van der Waals surface area contributed by atoms with E-state index >= 15 is 0 Å². The Morgan fingerprint density at radius 1 is 1.55 bits per heavy atom. The number of nitrogens with zero attached hydrogens (tertiary/aromatic N) is 5. The summed E-state index contributed by atoms with van der Waals surface area (Å²) in [7, 11) is 3.48. The van der Waals surface area contributed by atoms with E-state index in [-0.39, 0.29) is 5.91 Å². The molecule has 0 N–H and O–H groups in total. The van der Waals surface area contributed by atoms with E-state index in [9.17, 15) is 4.79 Å². The highest BCUT2D eigenvalue weighted by atomic mass is 127. The maximum absolute atomic E-state index is 12.4. The Bertz CT molecular complexity index is 616. The quantitative estimate of drug-likeness (QED) is 0.730. The number of aryl methyl sites for hydroxylation is 2. The van der Waals surface area contributed by atoms with Crippen LogP contribution in [-0.4, -0.2) is 37.4 Å². The third-order valence-corrected chi connectivity index (χ3v) is 4.05. The summed E-state index contributed by atoms with van der Waals surface area (Å²) in [4.78, 5) is 14.0. The van der Waals surface area contributed by atoms with Gasteiger partial charge < -0.3 is 4.90 Å². The molecule has 1 amide bonds. The first-order chi connectivity index (χ1) is 9.43. The topological polar surface area (TPSA) is 56.0 Å². The second-order valence-corrected chi connectivity index (χ2v) is 5.97. The fourth-order valence-corrected chi connectivity index (χ4v) is 2.75. The van der Waals surface area contributed by atoms with Crippen molar-refractivity contribution in [3.05, 3.63) is 32.4 Å². The summed E-state index contributed by atoms with van der Waals surface area (Å²) in [5.74, 6) is -0.100. The lowest BCUT2D eigenvalue weighted by molar-refractivity contribution is 0.0771. The van der Waals surface area contributed by atoms with Crippen LogP contribution in [0.5, 0.6) is 0 Å². The summed E-state index contributed by atoms with van der Waals surface area (Å²) in [6, 6.07) is 0. The van der Waals surface area contributed by atoms with E-state index in [0.29, 0.717) is 23.0 Å². The highest BCUT2D eigenvalue weighted by Crippen LogP contribution is 2.18. The molecule has 0 spiro atoms. The Morgan fingerprint density at radius 3 is 2.75 bits per heavy atom. The summed E-state index contributed by atoms with van der Waals surface area (Å²) >= 11 is 8.22. The largest absolute Gasteiger partial charge is 0.334 e. The minimum absolute atomic E-state index is 0.100. The Kier molecular flexibility index (Phi) is 4.69. The third kappa shape index (κ3) is 2.98. The molecular weight excluding hydrogens is 393 g/mol. The van der Waals surface area contributed by atoms with Gasteiger partial charge in [-0.05, 0) is 29.5 Å². The van der Waals surface area contributed by atoms with Crippen molar-refractivity contribution >= 4 is 40.1 Å². The van der Waals surface area contributed by atoms with Crippen LogP contribution in [0.4, 0.5) is 0 Å². The second kappa shape index (κ2) is 6.13. The van der Waals surface area contributed by atoms with E-state index < -0.39 is 0 Å². The van der Waals surface area contributed by atoms with Gasteiger partial charge in [-0.1, -0.05) is 11.6 Å². The van der Waals surface area contributed by atoms with Crippen molar-refractivity contribution in [1.82, 2.24) is 24.5 Å². The van der Waals surface area contributed by atoms with E-state index in [1.165, 1.54) is 0 Å². The average molecular weight is 408 g/mol. The number of hydrogen-bond acceptors (Lipinski definition) is 3. The number of carbonyl (C=O) groups is 1. The minimum Gasteiger partial charge on any atom is -0.334 e. The SMILES string of the molecule is CCn1cc(Cl)c(CN(C)C(=O)c2c(I)cnn2C)n1. The zero-order valence-electron chi connectivity index (χ0n) is 11.5. The molecule has 2 aromatic heterocycles. The molecular formula is C12H15ClIN5O. The summed E-state index contributed by atoms with van der Waals surface area (Å²) in [6.07, 6.45) is 3.43. The minimum atomic E-state index is -0.100. The van der Waals surface area contributed by atoms with Gasteiger partial charge in [-0.2, -0.15) is 10.2 Å². The van der Waals surface area contributed by atoms with Gasteiger partial charge in [0.15, 0.2) is 0 Å². The van der Waals surface area contributed by atoms with Crippen LogP contribution in [0.2, 0.25) is 5.02 Å². The van der Waals surface area contributed by atoms with Crippen LogP contribution in [0.1, 0.15) is 23.1 Å². The van der Waals surface area contributed by atoms with Gasteiger partial charge in [0.2, 0.25) is 0 Å². The number of hydrogen-bond donors (Lipinski definition) is 0.